The van der Waals surface area contributed by atoms with Crippen molar-refractivity contribution in [3.05, 3.63) is 52.2 Å². The van der Waals surface area contributed by atoms with Gasteiger partial charge < -0.3 is 4.90 Å². The highest BCUT2D eigenvalue weighted by molar-refractivity contribution is 7.80. The number of nitrogens with one attached hydrogen (secondary N) is 1. The number of hydrogen-bond acceptors (Lipinski definition) is 3. The lowest BCUT2D eigenvalue weighted by Crippen LogP contribution is -2.41. The Bertz CT molecular complexity index is 622. The van der Waals surface area contributed by atoms with Crippen LogP contribution in [0.1, 0.15) is 15.2 Å². The summed E-state index contributed by atoms with van der Waals surface area (Å²) in [5.74, 6) is -0.135. The number of anilines is 1. The number of rotatable bonds is 1. The van der Waals surface area contributed by atoms with Crippen LogP contribution in [0.5, 0.6) is 0 Å². The Kier molecular flexibility index (Phi) is 3.31. The topological polar surface area (TPSA) is 32.3 Å². The van der Waals surface area contributed by atoms with Gasteiger partial charge in [0.1, 0.15) is 0 Å². The first kappa shape index (κ1) is 12.3. The highest BCUT2D eigenvalue weighted by Crippen LogP contribution is 2.27. The molecule has 0 bridgehead atoms. The first-order chi connectivity index (χ1) is 9.25. The molecule has 0 radical (unpaired) electrons. The van der Waals surface area contributed by atoms with E-state index < -0.39 is 0 Å². The zero-order valence-corrected chi connectivity index (χ0v) is 11.8. The molecular formula is C14H12N2OS2. The largest absolute Gasteiger partial charge is 0.318 e. The number of amides is 1. The van der Waals surface area contributed by atoms with Crippen LogP contribution in [0.15, 0.2) is 41.8 Å². The van der Waals surface area contributed by atoms with E-state index in [1.165, 1.54) is 16.9 Å². The molecule has 0 fully saturated rings. The predicted molar refractivity (Wildman–Crippen MR) is 81.9 cm³/mol. The maximum atomic E-state index is 12.0. The fraction of sp³-hybridized carbons (Fsp3) is 0.143. The molecule has 0 saturated heterocycles. The molecule has 0 atom stereocenters. The van der Waals surface area contributed by atoms with Gasteiger partial charge in [-0.15, -0.1) is 11.3 Å². The number of thiophene rings is 1. The van der Waals surface area contributed by atoms with E-state index in [4.69, 9.17) is 12.2 Å². The van der Waals surface area contributed by atoms with Crippen LogP contribution in [-0.2, 0) is 6.42 Å². The minimum absolute atomic E-state index is 0.135. The maximum Gasteiger partial charge on any atom is 0.267 e. The summed E-state index contributed by atoms with van der Waals surface area (Å²) in [7, 11) is 0. The molecule has 2 aromatic rings. The summed E-state index contributed by atoms with van der Waals surface area (Å²) in [6.07, 6.45) is 0.963. The lowest BCUT2D eigenvalue weighted by Gasteiger charge is -2.20. The molecule has 0 saturated carbocycles. The fourth-order valence-corrected chi connectivity index (χ4v) is 3.08. The SMILES string of the molecule is O=C(NC(=S)N1CCc2ccccc21)c1cccs1. The van der Waals surface area contributed by atoms with Crippen molar-refractivity contribution in [2.75, 3.05) is 11.4 Å². The van der Waals surface area contributed by atoms with Gasteiger partial charge in [0.25, 0.3) is 5.91 Å². The highest BCUT2D eigenvalue weighted by Gasteiger charge is 2.23. The van der Waals surface area contributed by atoms with Crippen molar-refractivity contribution in [3.63, 3.8) is 0 Å². The van der Waals surface area contributed by atoms with Gasteiger partial charge in [0.05, 0.1) is 4.88 Å². The fourth-order valence-electron chi connectivity index (χ4n) is 2.18. The van der Waals surface area contributed by atoms with Gasteiger partial charge in [-0.05, 0) is 41.7 Å². The number of nitrogens with zero attached hydrogens (tertiary/aromatic N) is 1. The molecule has 1 aliphatic rings. The Balaban J connectivity index is 1.74. The van der Waals surface area contributed by atoms with Gasteiger partial charge in [0, 0.05) is 12.2 Å². The van der Waals surface area contributed by atoms with Crippen LogP contribution in [-0.4, -0.2) is 17.6 Å². The molecule has 0 spiro atoms. The molecule has 5 heteroatoms. The second kappa shape index (κ2) is 5.11. The Morgan fingerprint density at radius 1 is 1.26 bits per heavy atom. The molecule has 0 aliphatic carbocycles. The molecule has 96 valence electrons. The molecule has 1 aliphatic heterocycles. The van der Waals surface area contributed by atoms with Crippen LogP contribution in [0.2, 0.25) is 0 Å². The third-order valence-corrected chi connectivity index (χ3v) is 4.29. The van der Waals surface area contributed by atoms with E-state index in [0.717, 1.165) is 18.7 Å². The van der Waals surface area contributed by atoms with E-state index in [2.05, 4.69) is 11.4 Å². The van der Waals surface area contributed by atoms with Crippen molar-refractivity contribution in [3.8, 4) is 0 Å². The molecule has 3 rings (SSSR count). The molecule has 3 nitrogen and oxygen atoms in total. The van der Waals surface area contributed by atoms with E-state index in [1.807, 2.05) is 34.5 Å². The van der Waals surface area contributed by atoms with Crippen molar-refractivity contribution in [1.29, 1.82) is 0 Å². The minimum atomic E-state index is -0.135. The van der Waals surface area contributed by atoms with E-state index in [9.17, 15) is 4.79 Å². The average Bonchev–Trinajstić information content (AvgIpc) is 3.08. The molecule has 19 heavy (non-hydrogen) atoms. The maximum absolute atomic E-state index is 12.0. The zero-order valence-electron chi connectivity index (χ0n) is 10.1. The van der Waals surface area contributed by atoms with Crippen LogP contribution in [0.25, 0.3) is 0 Å². The van der Waals surface area contributed by atoms with Gasteiger partial charge in [-0.1, -0.05) is 24.3 Å². The van der Waals surface area contributed by atoms with Crippen molar-refractivity contribution in [2.45, 2.75) is 6.42 Å². The Labute approximate surface area is 120 Å². The van der Waals surface area contributed by atoms with Crippen molar-refractivity contribution in [1.82, 2.24) is 5.32 Å². The number of hydrogen-bond donors (Lipinski definition) is 1. The standard InChI is InChI=1S/C14H12N2OS2/c17-13(12-6-3-9-19-12)15-14(18)16-8-7-10-4-1-2-5-11(10)16/h1-6,9H,7-8H2,(H,15,17,18). The average molecular weight is 288 g/mol. The summed E-state index contributed by atoms with van der Waals surface area (Å²) in [6, 6.07) is 11.8. The van der Waals surface area contributed by atoms with Crippen LogP contribution in [0.4, 0.5) is 5.69 Å². The van der Waals surface area contributed by atoms with Gasteiger partial charge in [-0.2, -0.15) is 0 Å². The van der Waals surface area contributed by atoms with Crippen LogP contribution in [0.3, 0.4) is 0 Å². The minimum Gasteiger partial charge on any atom is -0.318 e. The van der Waals surface area contributed by atoms with E-state index in [0.29, 0.717) is 9.99 Å². The van der Waals surface area contributed by atoms with Crippen LogP contribution < -0.4 is 10.2 Å². The molecule has 1 aromatic carbocycles. The normalized spacial score (nSPS) is 13.2. The van der Waals surface area contributed by atoms with E-state index in [-0.39, 0.29) is 5.91 Å². The molecular weight excluding hydrogens is 276 g/mol. The quantitative estimate of drug-likeness (QED) is 0.819. The van der Waals surface area contributed by atoms with Gasteiger partial charge in [0.2, 0.25) is 0 Å². The summed E-state index contributed by atoms with van der Waals surface area (Å²) < 4.78 is 0. The van der Waals surface area contributed by atoms with Crippen molar-refractivity contribution in [2.24, 2.45) is 0 Å². The van der Waals surface area contributed by atoms with Crippen LogP contribution >= 0.6 is 23.6 Å². The lowest BCUT2D eigenvalue weighted by atomic mass is 10.2. The summed E-state index contributed by atoms with van der Waals surface area (Å²) >= 11 is 6.75. The first-order valence-electron chi connectivity index (χ1n) is 6.00. The van der Waals surface area contributed by atoms with Gasteiger partial charge >= 0.3 is 0 Å². The lowest BCUT2D eigenvalue weighted by molar-refractivity contribution is 0.0981. The summed E-state index contributed by atoms with van der Waals surface area (Å²) in [4.78, 5) is 14.6. The molecule has 2 heterocycles. The number of benzene rings is 1. The Morgan fingerprint density at radius 3 is 2.89 bits per heavy atom. The van der Waals surface area contributed by atoms with Crippen molar-refractivity contribution >= 4 is 40.3 Å². The molecule has 1 amide bonds. The third-order valence-electron chi connectivity index (χ3n) is 3.10. The number of carbonyl (C=O) groups is 1. The Morgan fingerprint density at radius 2 is 2.11 bits per heavy atom. The summed E-state index contributed by atoms with van der Waals surface area (Å²) in [6.45, 7) is 0.822. The summed E-state index contributed by atoms with van der Waals surface area (Å²) in [5, 5.41) is 5.15. The molecule has 0 unspecified atom stereocenters. The van der Waals surface area contributed by atoms with Crippen LogP contribution in [0, 0.1) is 0 Å². The summed E-state index contributed by atoms with van der Waals surface area (Å²) in [5.41, 5.74) is 2.37. The monoisotopic (exact) mass is 288 g/mol. The highest BCUT2D eigenvalue weighted by atomic mass is 32.1. The number of carbonyl (C=O) groups excluding carboxylic acids is 1. The number of para-hydroxylation sites is 1. The van der Waals surface area contributed by atoms with Gasteiger partial charge in [0.15, 0.2) is 5.11 Å². The molecule has 1 aromatic heterocycles. The smallest absolute Gasteiger partial charge is 0.267 e. The number of thiocarbonyl (C=S) groups is 1. The van der Waals surface area contributed by atoms with E-state index >= 15 is 0 Å². The second-order valence-corrected chi connectivity index (χ2v) is 5.60. The third kappa shape index (κ3) is 2.39. The van der Waals surface area contributed by atoms with Crippen molar-refractivity contribution < 1.29 is 4.79 Å². The Hall–Kier alpha value is -1.72. The van der Waals surface area contributed by atoms with Gasteiger partial charge in [-0.3, -0.25) is 10.1 Å². The first-order valence-corrected chi connectivity index (χ1v) is 7.29. The van der Waals surface area contributed by atoms with Gasteiger partial charge in [-0.25, -0.2) is 0 Å². The zero-order chi connectivity index (χ0) is 13.2. The number of fused-ring (bicyclic) bond motifs is 1. The predicted octanol–water partition coefficient (Wildman–Crippen LogP) is 2.83. The molecule has 1 N–H and O–H groups in total. The second-order valence-electron chi connectivity index (χ2n) is 4.27. The van der Waals surface area contributed by atoms with E-state index in [1.54, 1.807) is 6.07 Å².